The Morgan fingerprint density at radius 3 is 2.68 bits per heavy atom. The summed E-state index contributed by atoms with van der Waals surface area (Å²) in [6, 6.07) is 0. The van der Waals surface area contributed by atoms with Crippen LogP contribution in [0, 0.1) is 0 Å². The van der Waals surface area contributed by atoms with Crippen molar-refractivity contribution >= 4 is 0 Å². The second-order valence-corrected chi connectivity index (χ2v) is 4.68. The number of nitrogens with one attached hydrogen (secondary N) is 1. The normalized spacial score (nSPS) is 31.4. The Kier molecular flexibility index (Phi) is 4.99. The fourth-order valence-electron chi connectivity index (χ4n) is 2.59. The first-order valence-corrected chi connectivity index (χ1v) is 6.84. The third-order valence-corrected chi connectivity index (χ3v) is 3.63. The van der Waals surface area contributed by atoms with Gasteiger partial charge in [-0.15, -0.1) is 0 Å². The molecule has 5 heteroatoms. The fourth-order valence-corrected chi connectivity index (χ4v) is 2.59. The van der Waals surface area contributed by atoms with Crippen LogP contribution >= 0.6 is 0 Å². The SMILES string of the molecule is CCOC1(OC)C=CC(N2CCNCC2)=CC1OC. The van der Waals surface area contributed by atoms with E-state index in [2.05, 4.69) is 22.4 Å². The maximum absolute atomic E-state index is 5.75. The van der Waals surface area contributed by atoms with Crippen LogP contribution in [0.3, 0.4) is 0 Å². The molecule has 108 valence electrons. The van der Waals surface area contributed by atoms with Crippen molar-refractivity contribution in [2.24, 2.45) is 0 Å². The van der Waals surface area contributed by atoms with Gasteiger partial charge in [0.2, 0.25) is 5.79 Å². The van der Waals surface area contributed by atoms with Crippen LogP contribution in [0.4, 0.5) is 0 Å². The Morgan fingerprint density at radius 2 is 2.11 bits per heavy atom. The molecule has 1 aliphatic heterocycles. The van der Waals surface area contributed by atoms with Gasteiger partial charge < -0.3 is 24.4 Å². The first-order chi connectivity index (χ1) is 9.25. The first-order valence-electron chi connectivity index (χ1n) is 6.84. The quantitative estimate of drug-likeness (QED) is 0.745. The molecule has 0 bridgehead atoms. The van der Waals surface area contributed by atoms with Crippen LogP contribution in [0.5, 0.6) is 0 Å². The van der Waals surface area contributed by atoms with Gasteiger partial charge in [0.25, 0.3) is 0 Å². The molecule has 5 nitrogen and oxygen atoms in total. The highest BCUT2D eigenvalue weighted by Gasteiger charge is 2.39. The van der Waals surface area contributed by atoms with Crippen molar-refractivity contribution in [3.63, 3.8) is 0 Å². The van der Waals surface area contributed by atoms with Gasteiger partial charge in [0.15, 0.2) is 0 Å². The Labute approximate surface area is 115 Å². The topological polar surface area (TPSA) is 43.0 Å². The minimum absolute atomic E-state index is 0.229. The van der Waals surface area contributed by atoms with Crippen LogP contribution in [-0.2, 0) is 14.2 Å². The molecule has 0 aromatic heterocycles. The molecule has 2 atom stereocenters. The van der Waals surface area contributed by atoms with Gasteiger partial charge in [0.1, 0.15) is 6.10 Å². The lowest BCUT2D eigenvalue weighted by molar-refractivity contribution is -0.233. The molecule has 0 amide bonds. The Morgan fingerprint density at radius 1 is 1.37 bits per heavy atom. The molecule has 1 fully saturated rings. The zero-order valence-corrected chi connectivity index (χ0v) is 12.0. The smallest absolute Gasteiger partial charge is 0.218 e. The molecule has 1 aliphatic carbocycles. The summed E-state index contributed by atoms with van der Waals surface area (Å²) in [5, 5.41) is 3.35. The molecule has 2 rings (SSSR count). The fraction of sp³-hybridized carbons (Fsp3) is 0.714. The molecular weight excluding hydrogens is 244 g/mol. The lowest BCUT2D eigenvalue weighted by atomic mass is 10.0. The standard InChI is InChI=1S/C14H24N2O3/c1-4-19-14(18-3)6-5-12(11-13(14)17-2)16-9-7-15-8-10-16/h5-6,11,13,15H,4,7-10H2,1-3H3. The number of hydrogen-bond donors (Lipinski definition) is 1. The third-order valence-electron chi connectivity index (χ3n) is 3.63. The molecule has 0 saturated carbocycles. The molecule has 0 radical (unpaired) electrons. The van der Waals surface area contributed by atoms with Crippen molar-refractivity contribution in [1.82, 2.24) is 10.2 Å². The van der Waals surface area contributed by atoms with Gasteiger partial charge in [-0.3, -0.25) is 0 Å². The predicted octanol–water partition coefficient (Wildman–Crippen LogP) is 0.740. The Balaban J connectivity index is 2.15. The van der Waals surface area contributed by atoms with E-state index in [0.29, 0.717) is 6.61 Å². The number of rotatable bonds is 5. The van der Waals surface area contributed by atoms with Gasteiger partial charge in [-0.25, -0.2) is 0 Å². The molecule has 0 spiro atoms. The minimum atomic E-state index is -0.805. The van der Waals surface area contributed by atoms with Gasteiger partial charge in [-0.05, 0) is 25.2 Å². The van der Waals surface area contributed by atoms with Crippen molar-refractivity contribution < 1.29 is 14.2 Å². The summed E-state index contributed by atoms with van der Waals surface area (Å²) in [7, 11) is 3.33. The van der Waals surface area contributed by atoms with Crippen LogP contribution in [0.25, 0.3) is 0 Å². The largest absolute Gasteiger partial charge is 0.371 e. The predicted molar refractivity (Wildman–Crippen MR) is 73.8 cm³/mol. The summed E-state index contributed by atoms with van der Waals surface area (Å²) in [4.78, 5) is 2.35. The van der Waals surface area contributed by atoms with Crippen LogP contribution in [0.1, 0.15) is 6.92 Å². The number of hydrogen-bond acceptors (Lipinski definition) is 5. The van der Waals surface area contributed by atoms with E-state index in [1.54, 1.807) is 14.2 Å². The summed E-state index contributed by atoms with van der Waals surface area (Å²) >= 11 is 0. The average Bonchev–Trinajstić information content (AvgIpc) is 2.48. The lowest BCUT2D eigenvalue weighted by Crippen LogP contribution is -2.49. The summed E-state index contributed by atoms with van der Waals surface area (Å²) in [5.41, 5.74) is 1.18. The third kappa shape index (κ3) is 3.00. The highest BCUT2D eigenvalue weighted by atomic mass is 16.7. The molecule has 0 aromatic rings. The summed E-state index contributed by atoms with van der Waals surface area (Å²) in [6.45, 7) is 6.60. The molecule has 1 heterocycles. The van der Waals surface area contributed by atoms with E-state index < -0.39 is 5.79 Å². The monoisotopic (exact) mass is 268 g/mol. The molecule has 1 N–H and O–H groups in total. The van der Waals surface area contributed by atoms with Gasteiger partial charge >= 0.3 is 0 Å². The van der Waals surface area contributed by atoms with E-state index in [-0.39, 0.29) is 6.10 Å². The lowest BCUT2D eigenvalue weighted by Gasteiger charge is -2.39. The second-order valence-electron chi connectivity index (χ2n) is 4.68. The average molecular weight is 268 g/mol. The van der Waals surface area contributed by atoms with Crippen LogP contribution in [0.15, 0.2) is 23.9 Å². The maximum atomic E-state index is 5.75. The van der Waals surface area contributed by atoms with Crippen LogP contribution < -0.4 is 5.32 Å². The number of piperazine rings is 1. The van der Waals surface area contributed by atoms with Crippen molar-refractivity contribution in [3.8, 4) is 0 Å². The Hall–Kier alpha value is -0.880. The number of ether oxygens (including phenoxy) is 3. The van der Waals surface area contributed by atoms with Crippen molar-refractivity contribution in [2.75, 3.05) is 47.0 Å². The van der Waals surface area contributed by atoms with E-state index in [1.807, 2.05) is 13.0 Å². The molecule has 2 aliphatic rings. The summed E-state index contributed by atoms with van der Waals surface area (Å²) in [6.07, 6.45) is 5.89. The molecular formula is C14H24N2O3. The molecule has 19 heavy (non-hydrogen) atoms. The Bertz CT molecular complexity index is 351. The highest BCUT2D eigenvalue weighted by molar-refractivity contribution is 5.29. The minimum Gasteiger partial charge on any atom is -0.371 e. The highest BCUT2D eigenvalue weighted by Crippen LogP contribution is 2.29. The molecule has 1 saturated heterocycles. The summed E-state index contributed by atoms with van der Waals surface area (Å²) in [5.74, 6) is -0.805. The van der Waals surface area contributed by atoms with Crippen molar-refractivity contribution in [3.05, 3.63) is 23.9 Å². The summed E-state index contributed by atoms with van der Waals surface area (Å²) < 4.78 is 16.8. The molecule has 0 aromatic carbocycles. The number of nitrogens with zero attached hydrogens (tertiary/aromatic N) is 1. The first kappa shape index (κ1) is 14.5. The van der Waals surface area contributed by atoms with E-state index >= 15 is 0 Å². The van der Waals surface area contributed by atoms with E-state index in [4.69, 9.17) is 14.2 Å². The maximum Gasteiger partial charge on any atom is 0.218 e. The van der Waals surface area contributed by atoms with E-state index in [9.17, 15) is 0 Å². The molecule has 2 unspecified atom stereocenters. The van der Waals surface area contributed by atoms with Crippen molar-refractivity contribution in [2.45, 2.75) is 18.8 Å². The van der Waals surface area contributed by atoms with Gasteiger partial charge in [-0.1, -0.05) is 0 Å². The van der Waals surface area contributed by atoms with Crippen LogP contribution in [-0.4, -0.2) is 63.8 Å². The number of methoxy groups -OCH3 is 2. The van der Waals surface area contributed by atoms with Gasteiger partial charge in [0.05, 0.1) is 0 Å². The van der Waals surface area contributed by atoms with Crippen molar-refractivity contribution in [1.29, 1.82) is 0 Å². The second kappa shape index (κ2) is 6.52. The van der Waals surface area contributed by atoms with E-state index in [0.717, 1.165) is 26.2 Å². The van der Waals surface area contributed by atoms with Gasteiger partial charge in [0, 0.05) is 52.7 Å². The van der Waals surface area contributed by atoms with Gasteiger partial charge in [-0.2, -0.15) is 0 Å². The van der Waals surface area contributed by atoms with E-state index in [1.165, 1.54) is 5.70 Å². The zero-order valence-electron chi connectivity index (χ0n) is 12.0. The van der Waals surface area contributed by atoms with Crippen LogP contribution in [0.2, 0.25) is 0 Å². The zero-order chi connectivity index (χ0) is 13.7. The number of allylic oxidation sites excluding steroid dienone is 1.